The fourth-order valence-electron chi connectivity index (χ4n) is 2.66. The number of nitrogens with two attached hydrogens (primary N) is 1. The molecule has 8 heteroatoms. The van der Waals surface area contributed by atoms with Crippen LogP contribution in [0.1, 0.15) is 40.3 Å². The minimum absolute atomic E-state index is 0.0303. The summed E-state index contributed by atoms with van der Waals surface area (Å²) in [6, 6.07) is 9.65. The standard InChI is InChI=1S/C21H22N2O6/c1-12(2)21(29-20(26)17-10-18-16(23-17)7-8-27-18)28-19(25)14-5-3-13(4-6-14)9-15(24)11-22/h3-8,10,12,21,23H,9,11,22H2,1-2H3. The minimum atomic E-state index is -1.07. The van der Waals surface area contributed by atoms with Gasteiger partial charge >= 0.3 is 11.9 Å². The summed E-state index contributed by atoms with van der Waals surface area (Å²) in [4.78, 5) is 39.1. The van der Waals surface area contributed by atoms with E-state index >= 15 is 0 Å². The van der Waals surface area contributed by atoms with Crippen molar-refractivity contribution in [3.05, 3.63) is 59.5 Å². The van der Waals surface area contributed by atoms with Crippen molar-refractivity contribution in [3.8, 4) is 0 Å². The Bertz CT molecular complexity index is 987. The van der Waals surface area contributed by atoms with Gasteiger partial charge in [0.2, 0.25) is 6.29 Å². The highest BCUT2D eigenvalue weighted by atomic mass is 16.7. The van der Waals surface area contributed by atoms with Crippen molar-refractivity contribution in [2.75, 3.05) is 6.54 Å². The summed E-state index contributed by atoms with van der Waals surface area (Å²) in [6.45, 7) is 3.51. The van der Waals surface area contributed by atoms with E-state index in [1.807, 2.05) is 0 Å². The van der Waals surface area contributed by atoms with Crippen LogP contribution in [-0.4, -0.2) is 35.5 Å². The molecule has 0 aliphatic carbocycles. The van der Waals surface area contributed by atoms with Gasteiger partial charge in [-0.2, -0.15) is 0 Å². The molecule has 0 bridgehead atoms. The van der Waals surface area contributed by atoms with Gasteiger partial charge in [0.25, 0.3) is 0 Å². The lowest BCUT2D eigenvalue weighted by Crippen LogP contribution is -2.29. The van der Waals surface area contributed by atoms with Gasteiger partial charge in [-0.25, -0.2) is 9.59 Å². The average Bonchev–Trinajstić information content (AvgIpc) is 3.30. The van der Waals surface area contributed by atoms with Gasteiger partial charge in [0, 0.05) is 24.5 Å². The molecule has 152 valence electrons. The molecule has 0 spiro atoms. The zero-order valence-corrected chi connectivity index (χ0v) is 16.1. The van der Waals surface area contributed by atoms with Crippen LogP contribution < -0.4 is 5.73 Å². The number of carbonyl (C=O) groups is 3. The van der Waals surface area contributed by atoms with E-state index in [0.29, 0.717) is 11.1 Å². The summed E-state index contributed by atoms with van der Waals surface area (Å²) in [7, 11) is 0. The zero-order valence-electron chi connectivity index (χ0n) is 16.1. The number of aromatic nitrogens is 1. The number of carbonyl (C=O) groups excluding carboxylic acids is 3. The Labute approximate surface area is 167 Å². The maximum absolute atomic E-state index is 12.4. The SMILES string of the molecule is CC(C)C(OC(=O)c1ccc(CC(=O)CN)cc1)OC(=O)c1cc2occc2[nH]1. The van der Waals surface area contributed by atoms with Crippen molar-refractivity contribution in [2.45, 2.75) is 26.6 Å². The van der Waals surface area contributed by atoms with Crippen molar-refractivity contribution in [2.24, 2.45) is 11.7 Å². The number of ether oxygens (including phenoxy) is 2. The lowest BCUT2D eigenvalue weighted by atomic mass is 10.1. The van der Waals surface area contributed by atoms with Crippen LogP contribution in [0.5, 0.6) is 0 Å². The van der Waals surface area contributed by atoms with E-state index in [-0.39, 0.29) is 35.9 Å². The molecular weight excluding hydrogens is 376 g/mol. The Hall–Kier alpha value is -3.39. The lowest BCUT2D eigenvalue weighted by Gasteiger charge is -2.21. The summed E-state index contributed by atoms with van der Waals surface area (Å²) >= 11 is 0. The number of furan rings is 1. The van der Waals surface area contributed by atoms with E-state index in [1.165, 1.54) is 12.3 Å². The number of ketones is 1. The maximum atomic E-state index is 12.4. The number of fused-ring (bicyclic) bond motifs is 1. The molecule has 1 aromatic carbocycles. The zero-order chi connectivity index (χ0) is 21.0. The average molecular weight is 398 g/mol. The third-order valence-electron chi connectivity index (χ3n) is 4.27. The molecule has 0 saturated carbocycles. The first-order chi connectivity index (χ1) is 13.9. The van der Waals surface area contributed by atoms with E-state index in [2.05, 4.69) is 4.98 Å². The minimum Gasteiger partial charge on any atom is -0.463 e. The number of aromatic amines is 1. The first kappa shape index (κ1) is 20.3. The molecule has 0 fully saturated rings. The smallest absolute Gasteiger partial charge is 0.357 e. The van der Waals surface area contributed by atoms with Gasteiger partial charge in [0.1, 0.15) is 5.69 Å². The number of rotatable bonds is 8. The summed E-state index contributed by atoms with van der Waals surface area (Å²) in [5.41, 5.74) is 7.75. The number of H-pyrrole nitrogens is 1. The highest BCUT2D eigenvalue weighted by Crippen LogP contribution is 2.19. The highest BCUT2D eigenvalue weighted by molar-refractivity contribution is 5.93. The number of hydrogen-bond donors (Lipinski definition) is 2. The first-order valence-electron chi connectivity index (χ1n) is 9.16. The van der Waals surface area contributed by atoms with Gasteiger partial charge in [-0.1, -0.05) is 26.0 Å². The monoisotopic (exact) mass is 398 g/mol. The topological polar surface area (TPSA) is 125 Å². The fourth-order valence-corrected chi connectivity index (χ4v) is 2.66. The van der Waals surface area contributed by atoms with E-state index in [1.54, 1.807) is 44.2 Å². The third-order valence-corrected chi connectivity index (χ3v) is 4.27. The molecule has 0 aliphatic rings. The molecule has 0 radical (unpaired) electrons. The summed E-state index contributed by atoms with van der Waals surface area (Å²) in [5.74, 6) is -1.64. The second-order valence-corrected chi connectivity index (χ2v) is 6.92. The number of esters is 2. The molecule has 3 rings (SSSR count). The first-order valence-corrected chi connectivity index (χ1v) is 9.16. The van der Waals surface area contributed by atoms with Crippen LogP contribution in [0.25, 0.3) is 11.1 Å². The quantitative estimate of drug-likeness (QED) is 0.441. The lowest BCUT2D eigenvalue weighted by molar-refractivity contribution is -0.117. The van der Waals surface area contributed by atoms with Crippen molar-refractivity contribution >= 4 is 28.8 Å². The molecule has 0 saturated heterocycles. The molecule has 2 heterocycles. The summed E-state index contributed by atoms with van der Waals surface area (Å²) in [6.07, 6.45) is 0.645. The molecule has 2 aromatic heterocycles. The number of nitrogens with one attached hydrogen (secondary N) is 1. The van der Waals surface area contributed by atoms with E-state index in [4.69, 9.17) is 19.6 Å². The van der Waals surface area contributed by atoms with E-state index < -0.39 is 18.2 Å². The second kappa shape index (κ2) is 8.74. The van der Waals surface area contributed by atoms with Crippen molar-refractivity contribution in [3.63, 3.8) is 0 Å². The second-order valence-electron chi connectivity index (χ2n) is 6.92. The molecule has 29 heavy (non-hydrogen) atoms. The van der Waals surface area contributed by atoms with Gasteiger partial charge in [-0.3, -0.25) is 4.79 Å². The Morgan fingerprint density at radius 1 is 1.07 bits per heavy atom. The molecular formula is C21H22N2O6. The fraction of sp³-hybridized carbons (Fsp3) is 0.286. The maximum Gasteiger partial charge on any atom is 0.357 e. The summed E-state index contributed by atoms with van der Waals surface area (Å²) < 4.78 is 16.0. The molecule has 1 unspecified atom stereocenters. The number of benzene rings is 1. The van der Waals surface area contributed by atoms with Crippen LogP contribution in [0, 0.1) is 5.92 Å². The molecule has 0 aliphatic heterocycles. The normalized spacial score (nSPS) is 12.1. The molecule has 3 N–H and O–H groups in total. The van der Waals surface area contributed by atoms with E-state index in [0.717, 1.165) is 5.56 Å². The third kappa shape index (κ3) is 4.91. The molecule has 3 aromatic rings. The van der Waals surface area contributed by atoms with Crippen molar-refractivity contribution in [1.82, 2.24) is 4.98 Å². The Morgan fingerprint density at radius 3 is 2.38 bits per heavy atom. The van der Waals surface area contributed by atoms with Crippen LogP contribution in [-0.2, 0) is 20.7 Å². The Morgan fingerprint density at radius 2 is 1.76 bits per heavy atom. The number of Topliss-reactive ketones (excluding diaryl/α,β-unsaturated/α-hetero) is 1. The largest absolute Gasteiger partial charge is 0.463 e. The number of hydrogen-bond acceptors (Lipinski definition) is 7. The van der Waals surface area contributed by atoms with Gasteiger partial charge in [0.05, 0.1) is 23.9 Å². The molecule has 8 nitrogen and oxygen atoms in total. The predicted octanol–water partition coefficient (Wildman–Crippen LogP) is 2.83. The van der Waals surface area contributed by atoms with Crippen LogP contribution >= 0.6 is 0 Å². The Balaban J connectivity index is 1.64. The molecule has 0 amide bonds. The van der Waals surface area contributed by atoms with Gasteiger partial charge in [0.15, 0.2) is 11.4 Å². The van der Waals surface area contributed by atoms with Crippen LogP contribution in [0.4, 0.5) is 0 Å². The van der Waals surface area contributed by atoms with Crippen LogP contribution in [0.2, 0.25) is 0 Å². The van der Waals surface area contributed by atoms with Crippen LogP contribution in [0.3, 0.4) is 0 Å². The van der Waals surface area contributed by atoms with Crippen molar-refractivity contribution in [1.29, 1.82) is 0 Å². The van der Waals surface area contributed by atoms with Crippen LogP contribution in [0.15, 0.2) is 47.1 Å². The van der Waals surface area contributed by atoms with Gasteiger partial charge in [-0.15, -0.1) is 0 Å². The van der Waals surface area contributed by atoms with Gasteiger partial charge < -0.3 is 24.6 Å². The Kier molecular flexibility index (Phi) is 6.13. The summed E-state index contributed by atoms with van der Waals surface area (Å²) in [5, 5.41) is 0. The highest BCUT2D eigenvalue weighted by Gasteiger charge is 2.25. The van der Waals surface area contributed by atoms with Crippen molar-refractivity contribution < 1.29 is 28.3 Å². The predicted molar refractivity (Wildman–Crippen MR) is 104 cm³/mol. The van der Waals surface area contributed by atoms with E-state index in [9.17, 15) is 14.4 Å². The molecule has 1 atom stereocenters. The van der Waals surface area contributed by atoms with Gasteiger partial charge in [-0.05, 0) is 17.7 Å².